The first-order valence-electron chi connectivity index (χ1n) is 5.97. The van der Waals surface area contributed by atoms with E-state index in [1.807, 2.05) is 24.3 Å². The monoisotopic (exact) mass is 244 g/mol. The number of ether oxygens (including phenoxy) is 2. The standard InChI is InChI=1S/C14H12O4/c1-8-15-13-10-6-2-4-9-5-3-7-11(12(9)10)14(16-13)18-17-8/h2-8,13-14H,1H3/t8?,13-,14-/m0/s1. The zero-order valence-corrected chi connectivity index (χ0v) is 9.83. The van der Waals surface area contributed by atoms with Gasteiger partial charge in [0, 0.05) is 11.1 Å². The van der Waals surface area contributed by atoms with Crippen molar-refractivity contribution in [1.82, 2.24) is 0 Å². The molecule has 4 nitrogen and oxygen atoms in total. The Morgan fingerprint density at radius 2 is 1.56 bits per heavy atom. The average Bonchev–Trinajstić information content (AvgIpc) is 2.56. The molecule has 4 rings (SSSR count). The lowest BCUT2D eigenvalue weighted by molar-refractivity contribution is -0.398. The molecule has 18 heavy (non-hydrogen) atoms. The van der Waals surface area contributed by atoms with Gasteiger partial charge in [0.2, 0.25) is 6.29 Å². The van der Waals surface area contributed by atoms with Crippen LogP contribution in [0.1, 0.15) is 30.6 Å². The minimum absolute atomic E-state index is 0.439. The van der Waals surface area contributed by atoms with Gasteiger partial charge in [0.25, 0.3) is 0 Å². The average molecular weight is 244 g/mol. The first-order chi connectivity index (χ1) is 8.83. The smallest absolute Gasteiger partial charge is 0.220 e. The van der Waals surface area contributed by atoms with Gasteiger partial charge >= 0.3 is 0 Å². The quantitative estimate of drug-likeness (QED) is 0.667. The summed E-state index contributed by atoms with van der Waals surface area (Å²) in [5.74, 6) is 0. The molecule has 0 aliphatic carbocycles. The maximum absolute atomic E-state index is 5.76. The van der Waals surface area contributed by atoms with Crippen molar-refractivity contribution < 1.29 is 19.2 Å². The van der Waals surface area contributed by atoms with Crippen molar-refractivity contribution in [2.24, 2.45) is 0 Å². The summed E-state index contributed by atoms with van der Waals surface area (Å²) < 4.78 is 11.4. The van der Waals surface area contributed by atoms with Gasteiger partial charge in [-0.3, -0.25) is 0 Å². The molecule has 3 atom stereocenters. The van der Waals surface area contributed by atoms with Crippen molar-refractivity contribution in [3.8, 4) is 0 Å². The van der Waals surface area contributed by atoms with Crippen molar-refractivity contribution in [3.05, 3.63) is 47.5 Å². The van der Waals surface area contributed by atoms with Gasteiger partial charge in [-0.2, -0.15) is 4.89 Å². The van der Waals surface area contributed by atoms with Crippen LogP contribution >= 0.6 is 0 Å². The van der Waals surface area contributed by atoms with E-state index < -0.39 is 18.9 Å². The molecule has 0 amide bonds. The van der Waals surface area contributed by atoms with Crippen molar-refractivity contribution in [2.45, 2.75) is 25.8 Å². The van der Waals surface area contributed by atoms with Gasteiger partial charge in [0.1, 0.15) is 0 Å². The first-order valence-corrected chi connectivity index (χ1v) is 5.97. The third kappa shape index (κ3) is 1.41. The topological polar surface area (TPSA) is 36.9 Å². The molecule has 1 fully saturated rings. The minimum atomic E-state index is -0.529. The Morgan fingerprint density at radius 3 is 2.33 bits per heavy atom. The van der Waals surface area contributed by atoms with Crippen molar-refractivity contribution in [2.75, 3.05) is 0 Å². The second kappa shape index (κ2) is 3.76. The van der Waals surface area contributed by atoms with E-state index in [0.717, 1.165) is 21.9 Å². The summed E-state index contributed by atoms with van der Waals surface area (Å²) in [7, 11) is 0. The fourth-order valence-electron chi connectivity index (χ4n) is 2.56. The van der Waals surface area contributed by atoms with Crippen LogP contribution < -0.4 is 0 Å². The van der Waals surface area contributed by atoms with E-state index in [1.165, 1.54) is 0 Å². The second-order valence-electron chi connectivity index (χ2n) is 4.49. The van der Waals surface area contributed by atoms with E-state index in [4.69, 9.17) is 19.2 Å². The molecule has 2 aliphatic heterocycles. The zero-order valence-electron chi connectivity index (χ0n) is 9.83. The summed E-state index contributed by atoms with van der Waals surface area (Å²) >= 11 is 0. The molecular weight excluding hydrogens is 232 g/mol. The summed E-state index contributed by atoms with van der Waals surface area (Å²) in [5, 5.41) is 2.30. The highest BCUT2D eigenvalue weighted by atomic mass is 17.3. The lowest BCUT2D eigenvalue weighted by Crippen LogP contribution is -2.18. The molecule has 92 valence electrons. The van der Waals surface area contributed by atoms with Gasteiger partial charge < -0.3 is 9.47 Å². The molecule has 0 N–H and O–H groups in total. The fraction of sp³-hybridized carbons (Fsp3) is 0.286. The Morgan fingerprint density at radius 1 is 0.833 bits per heavy atom. The molecule has 1 saturated heterocycles. The third-order valence-corrected chi connectivity index (χ3v) is 3.32. The molecular formula is C14H12O4. The van der Waals surface area contributed by atoms with Crippen LogP contribution in [0.5, 0.6) is 0 Å². The van der Waals surface area contributed by atoms with Gasteiger partial charge in [0.15, 0.2) is 12.6 Å². The maximum atomic E-state index is 5.76. The minimum Gasteiger partial charge on any atom is -0.317 e. The van der Waals surface area contributed by atoms with Crippen LogP contribution in [-0.4, -0.2) is 6.29 Å². The predicted octanol–water partition coefficient (Wildman–Crippen LogP) is 3.19. The second-order valence-corrected chi connectivity index (χ2v) is 4.49. The molecule has 2 aromatic rings. The van der Waals surface area contributed by atoms with Crippen molar-refractivity contribution >= 4 is 10.8 Å². The highest BCUT2D eigenvalue weighted by molar-refractivity contribution is 5.89. The largest absolute Gasteiger partial charge is 0.317 e. The normalized spacial score (nSPS) is 30.2. The van der Waals surface area contributed by atoms with Crippen LogP contribution in [0, 0.1) is 0 Å². The van der Waals surface area contributed by atoms with Crippen LogP contribution in [-0.2, 0) is 19.2 Å². The number of rotatable bonds is 0. The summed E-state index contributed by atoms with van der Waals surface area (Å²) in [5.41, 5.74) is 2.01. The fourth-order valence-corrected chi connectivity index (χ4v) is 2.56. The maximum Gasteiger partial charge on any atom is 0.220 e. The Balaban J connectivity index is 2.02. The van der Waals surface area contributed by atoms with Gasteiger partial charge in [-0.25, -0.2) is 4.89 Å². The van der Waals surface area contributed by atoms with Crippen molar-refractivity contribution in [1.29, 1.82) is 0 Å². The Bertz CT molecular complexity index is 605. The lowest BCUT2D eigenvalue weighted by Gasteiger charge is -2.27. The van der Waals surface area contributed by atoms with Gasteiger partial charge in [0.05, 0.1) is 0 Å². The number of hydrogen-bond acceptors (Lipinski definition) is 4. The van der Waals surface area contributed by atoms with Crippen LogP contribution in [0.25, 0.3) is 10.8 Å². The summed E-state index contributed by atoms with van der Waals surface area (Å²) in [4.78, 5) is 10.4. The number of benzene rings is 2. The highest BCUT2D eigenvalue weighted by Crippen LogP contribution is 2.43. The molecule has 0 radical (unpaired) electrons. The molecule has 2 bridgehead atoms. The Kier molecular flexibility index (Phi) is 2.19. The molecule has 0 spiro atoms. The molecule has 2 aliphatic rings. The van der Waals surface area contributed by atoms with E-state index >= 15 is 0 Å². The molecule has 4 heteroatoms. The van der Waals surface area contributed by atoms with Crippen LogP contribution in [0.4, 0.5) is 0 Å². The summed E-state index contributed by atoms with van der Waals surface area (Å²) in [6.07, 6.45) is -1.42. The van der Waals surface area contributed by atoms with E-state index in [-0.39, 0.29) is 0 Å². The predicted molar refractivity (Wildman–Crippen MR) is 63.2 cm³/mol. The highest BCUT2D eigenvalue weighted by Gasteiger charge is 2.35. The molecule has 2 heterocycles. The molecule has 0 aromatic heterocycles. The summed E-state index contributed by atoms with van der Waals surface area (Å²) in [6, 6.07) is 12.2. The third-order valence-electron chi connectivity index (χ3n) is 3.32. The van der Waals surface area contributed by atoms with Crippen LogP contribution in [0.2, 0.25) is 0 Å². The molecule has 2 aromatic carbocycles. The Hall–Kier alpha value is -1.46. The van der Waals surface area contributed by atoms with E-state index in [9.17, 15) is 0 Å². The SMILES string of the molecule is CC1OO[C@@H]2O[C@H](O1)c1cccc3cccc2c13. The summed E-state index contributed by atoms with van der Waals surface area (Å²) in [6.45, 7) is 1.79. The van der Waals surface area contributed by atoms with E-state index in [0.29, 0.717) is 0 Å². The van der Waals surface area contributed by atoms with Crippen molar-refractivity contribution in [3.63, 3.8) is 0 Å². The van der Waals surface area contributed by atoms with Gasteiger partial charge in [-0.05, 0) is 17.7 Å². The van der Waals surface area contributed by atoms with Gasteiger partial charge in [-0.15, -0.1) is 0 Å². The Labute approximate surface area is 104 Å². The van der Waals surface area contributed by atoms with Crippen LogP contribution in [0.15, 0.2) is 36.4 Å². The van der Waals surface area contributed by atoms with Crippen LogP contribution in [0.3, 0.4) is 0 Å². The first kappa shape index (κ1) is 10.5. The van der Waals surface area contributed by atoms with E-state index in [2.05, 4.69) is 12.1 Å². The lowest BCUT2D eigenvalue weighted by atomic mass is 9.96. The zero-order chi connectivity index (χ0) is 12.1. The van der Waals surface area contributed by atoms with E-state index in [1.54, 1.807) is 6.92 Å². The molecule has 1 unspecified atom stereocenters. The number of fused-ring (bicyclic) bond motifs is 4. The molecule has 0 saturated carbocycles. The number of hydrogen-bond donors (Lipinski definition) is 0. The van der Waals surface area contributed by atoms with Gasteiger partial charge in [-0.1, -0.05) is 36.4 Å².